The number of nitrogens with one attached hydrogen (secondary N) is 2. The standard InChI is InChI=1S/C17H16BrN3O2/c18-11-3-2-10-8-14(16(22)20-6-1-5-19)12-4-7-21-17(23)15(12)13(10)9-11/h2-4,7-9H,1,5-6,19H2,(H,20,22)(H,21,23). The van der Waals surface area contributed by atoms with Gasteiger partial charge in [0.15, 0.2) is 0 Å². The van der Waals surface area contributed by atoms with Gasteiger partial charge in [0.05, 0.1) is 5.39 Å². The smallest absolute Gasteiger partial charge is 0.256 e. The first-order valence-corrected chi connectivity index (χ1v) is 8.13. The van der Waals surface area contributed by atoms with E-state index in [0.29, 0.717) is 35.8 Å². The number of halogens is 1. The lowest BCUT2D eigenvalue weighted by atomic mass is 9.98. The van der Waals surface area contributed by atoms with E-state index < -0.39 is 0 Å². The Morgan fingerprint density at radius 1 is 1.22 bits per heavy atom. The molecular weight excluding hydrogens is 358 g/mol. The van der Waals surface area contributed by atoms with Crippen molar-refractivity contribution < 1.29 is 4.79 Å². The third kappa shape index (κ3) is 3.00. The number of hydrogen-bond donors (Lipinski definition) is 3. The van der Waals surface area contributed by atoms with E-state index in [4.69, 9.17) is 5.73 Å². The average molecular weight is 374 g/mol. The summed E-state index contributed by atoms with van der Waals surface area (Å²) in [4.78, 5) is 27.5. The summed E-state index contributed by atoms with van der Waals surface area (Å²) in [5.41, 5.74) is 5.74. The van der Waals surface area contributed by atoms with E-state index in [0.717, 1.165) is 15.2 Å². The molecule has 3 aromatic rings. The van der Waals surface area contributed by atoms with E-state index in [-0.39, 0.29) is 11.5 Å². The summed E-state index contributed by atoms with van der Waals surface area (Å²) in [5.74, 6) is -0.195. The molecule has 0 radical (unpaired) electrons. The van der Waals surface area contributed by atoms with E-state index in [1.165, 1.54) is 0 Å². The Bertz CT molecular complexity index is 950. The second-order valence-electron chi connectivity index (χ2n) is 5.28. The number of carbonyl (C=O) groups excluding carboxylic acids is 1. The van der Waals surface area contributed by atoms with Gasteiger partial charge in [-0.05, 0) is 48.0 Å². The van der Waals surface area contributed by atoms with Crippen molar-refractivity contribution in [2.45, 2.75) is 6.42 Å². The van der Waals surface area contributed by atoms with Gasteiger partial charge in [-0.2, -0.15) is 0 Å². The number of nitrogens with two attached hydrogens (primary N) is 1. The van der Waals surface area contributed by atoms with Gasteiger partial charge < -0.3 is 16.0 Å². The number of aromatic nitrogens is 1. The number of amides is 1. The molecule has 6 heteroatoms. The molecule has 0 saturated carbocycles. The summed E-state index contributed by atoms with van der Waals surface area (Å²) in [6, 6.07) is 9.25. The molecule has 0 fully saturated rings. The van der Waals surface area contributed by atoms with Crippen molar-refractivity contribution in [2.24, 2.45) is 5.73 Å². The van der Waals surface area contributed by atoms with Gasteiger partial charge >= 0.3 is 0 Å². The van der Waals surface area contributed by atoms with Crippen LogP contribution in [0.15, 0.2) is 45.8 Å². The summed E-state index contributed by atoms with van der Waals surface area (Å²) in [5, 5.41) is 5.68. The van der Waals surface area contributed by atoms with Gasteiger partial charge in [-0.15, -0.1) is 0 Å². The molecule has 0 bridgehead atoms. The van der Waals surface area contributed by atoms with Gasteiger partial charge in [0.2, 0.25) is 0 Å². The van der Waals surface area contributed by atoms with Crippen molar-refractivity contribution in [3.8, 4) is 0 Å². The summed E-state index contributed by atoms with van der Waals surface area (Å²) in [7, 11) is 0. The van der Waals surface area contributed by atoms with E-state index in [1.54, 1.807) is 12.3 Å². The van der Waals surface area contributed by atoms with Crippen LogP contribution < -0.4 is 16.6 Å². The second-order valence-corrected chi connectivity index (χ2v) is 6.20. The van der Waals surface area contributed by atoms with Gasteiger partial charge in [0, 0.05) is 28.2 Å². The molecule has 1 aromatic heterocycles. The highest BCUT2D eigenvalue weighted by molar-refractivity contribution is 9.10. The fourth-order valence-electron chi connectivity index (χ4n) is 2.66. The number of carbonyl (C=O) groups is 1. The van der Waals surface area contributed by atoms with Crippen LogP contribution in [-0.2, 0) is 0 Å². The number of pyridine rings is 1. The minimum Gasteiger partial charge on any atom is -0.352 e. The topological polar surface area (TPSA) is 88.0 Å². The lowest BCUT2D eigenvalue weighted by molar-refractivity contribution is 0.0955. The molecule has 1 amide bonds. The summed E-state index contributed by atoms with van der Waals surface area (Å²) in [6.07, 6.45) is 2.27. The predicted molar refractivity (Wildman–Crippen MR) is 95.8 cm³/mol. The van der Waals surface area contributed by atoms with Crippen LogP contribution in [0, 0.1) is 0 Å². The molecule has 0 saturated heterocycles. The van der Waals surface area contributed by atoms with Gasteiger partial charge in [0.25, 0.3) is 11.5 Å². The molecule has 0 aliphatic rings. The molecule has 0 aliphatic carbocycles. The first kappa shape index (κ1) is 15.7. The largest absolute Gasteiger partial charge is 0.352 e. The van der Waals surface area contributed by atoms with Crippen LogP contribution in [0.1, 0.15) is 16.8 Å². The molecule has 0 unspecified atom stereocenters. The lowest BCUT2D eigenvalue weighted by Gasteiger charge is -2.10. The maximum absolute atomic E-state index is 12.5. The van der Waals surface area contributed by atoms with Crippen molar-refractivity contribution in [1.82, 2.24) is 10.3 Å². The van der Waals surface area contributed by atoms with E-state index in [9.17, 15) is 9.59 Å². The lowest BCUT2D eigenvalue weighted by Crippen LogP contribution is -2.26. The first-order chi connectivity index (χ1) is 11.1. The van der Waals surface area contributed by atoms with Gasteiger partial charge in [-0.1, -0.05) is 22.0 Å². The monoisotopic (exact) mass is 373 g/mol. The van der Waals surface area contributed by atoms with Crippen LogP contribution in [0.5, 0.6) is 0 Å². The van der Waals surface area contributed by atoms with Crippen LogP contribution in [0.2, 0.25) is 0 Å². The molecule has 1 heterocycles. The van der Waals surface area contributed by atoms with Crippen LogP contribution in [0.3, 0.4) is 0 Å². The Kier molecular flexibility index (Phi) is 4.45. The average Bonchev–Trinajstić information content (AvgIpc) is 2.54. The van der Waals surface area contributed by atoms with Gasteiger partial charge in [0.1, 0.15) is 0 Å². The minimum atomic E-state index is -0.206. The molecule has 0 spiro atoms. The van der Waals surface area contributed by atoms with Crippen molar-refractivity contribution in [2.75, 3.05) is 13.1 Å². The van der Waals surface area contributed by atoms with E-state index in [2.05, 4.69) is 26.2 Å². The van der Waals surface area contributed by atoms with Crippen molar-refractivity contribution in [3.05, 3.63) is 56.9 Å². The van der Waals surface area contributed by atoms with Crippen molar-refractivity contribution >= 4 is 43.4 Å². The maximum Gasteiger partial charge on any atom is 0.256 e. The zero-order valence-electron chi connectivity index (χ0n) is 12.4. The minimum absolute atomic E-state index is 0.195. The van der Waals surface area contributed by atoms with Crippen LogP contribution in [0.25, 0.3) is 21.5 Å². The third-order valence-corrected chi connectivity index (χ3v) is 4.24. The molecule has 4 N–H and O–H groups in total. The van der Waals surface area contributed by atoms with E-state index >= 15 is 0 Å². The Hall–Kier alpha value is -2.18. The van der Waals surface area contributed by atoms with Crippen LogP contribution in [0.4, 0.5) is 0 Å². The van der Waals surface area contributed by atoms with Crippen LogP contribution in [-0.4, -0.2) is 24.0 Å². The maximum atomic E-state index is 12.5. The van der Waals surface area contributed by atoms with Gasteiger partial charge in [-0.25, -0.2) is 0 Å². The fourth-order valence-corrected chi connectivity index (χ4v) is 3.02. The van der Waals surface area contributed by atoms with Crippen molar-refractivity contribution in [1.29, 1.82) is 0 Å². The molecule has 0 atom stereocenters. The molecule has 2 aromatic carbocycles. The number of rotatable bonds is 4. The normalized spacial score (nSPS) is 11.0. The van der Waals surface area contributed by atoms with Crippen molar-refractivity contribution in [3.63, 3.8) is 0 Å². The molecular formula is C17H16BrN3O2. The summed E-state index contributed by atoms with van der Waals surface area (Å²) in [6.45, 7) is 1.03. The number of aromatic amines is 1. The molecule has 118 valence electrons. The predicted octanol–water partition coefficient (Wildman–Crippen LogP) is 2.52. The zero-order chi connectivity index (χ0) is 16.4. The first-order valence-electron chi connectivity index (χ1n) is 7.34. The highest BCUT2D eigenvalue weighted by Gasteiger charge is 2.15. The molecule has 5 nitrogen and oxygen atoms in total. The number of fused-ring (bicyclic) bond motifs is 3. The number of hydrogen-bond acceptors (Lipinski definition) is 3. The Balaban J connectivity index is 2.25. The fraction of sp³-hybridized carbons (Fsp3) is 0.176. The Labute approximate surface area is 141 Å². The van der Waals surface area contributed by atoms with Crippen LogP contribution >= 0.6 is 15.9 Å². The molecule has 3 rings (SSSR count). The zero-order valence-corrected chi connectivity index (χ0v) is 13.9. The second kappa shape index (κ2) is 6.52. The Morgan fingerprint density at radius 3 is 2.83 bits per heavy atom. The molecule has 0 aliphatic heterocycles. The summed E-state index contributed by atoms with van der Waals surface area (Å²) < 4.78 is 0.884. The third-order valence-electron chi connectivity index (χ3n) is 3.75. The quantitative estimate of drug-likeness (QED) is 0.484. The Morgan fingerprint density at radius 2 is 2.04 bits per heavy atom. The van der Waals surface area contributed by atoms with E-state index in [1.807, 2.05) is 24.3 Å². The summed E-state index contributed by atoms with van der Waals surface area (Å²) >= 11 is 3.43. The number of H-pyrrole nitrogens is 1. The molecule has 23 heavy (non-hydrogen) atoms. The van der Waals surface area contributed by atoms with Gasteiger partial charge in [-0.3, -0.25) is 9.59 Å². The SMILES string of the molecule is NCCCNC(=O)c1cc2ccc(Br)cc2c2c(=O)[nH]ccc12. The number of benzene rings is 2. The highest BCUT2D eigenvalue weighted by atomic mass is 79.9. The highest BCUT2D eigenvalue weighted by Crippen LogP contribution is 2.28.